The predicted octanol–water partition coefficient (Wildman–Crippen LogP) is 1.57. The fourth-order valence-electron chi connectivity index (χ4n) is 1.94. The second kappa shape index (κ2) is 5.67. The Balaban J connectivity index is 2.03. The van der Waals surface area contributed by atoms with Crippen molar-refractivity contribution < 1.29 is 9.53 Å². The number of nitrogens with zero attached hydrogens (tertiary/aromatic N) is 4. The lowest BCUT2D eigenvalue weighted by Gasteiger charge is -2.30. The summed E-state index contributed by atoms with van der Waals surface area (Å²) < 4.78 is 4.73. The number of methoxy groups -OCH3 is 1. The first-order valence-electron chi connectivity index (χ1n) is 5.50. The number of halogens is 2. The average molecular weight is 291 g/mol. The fraction of sp³-hybridized carbons (Fsp3) is 0.600. The number of aromatic nitrogens is 3. The first-order chi connectivity index (χ1) is 8.60. The van der Waals surface area contributed by atoms with E-state index in [9.17, 15) is 4.79 Å². The molecule has 1 aliphatic rings. The van der Waals surface area contributed by atoms with Crippen LogP contribution < -0.4 is 4.90 Å². The maximum Gasteiger partial charge on any atom is 0.308 e. The molecule has 0 unspecified atom stereocenters. The number of hydrogen-bond acceptors (Lipinski definition) is 6. The first kappa shape index (κ1) is 13.3. The zero-order valence-corrected chi connectivity index (χ0v) is 11.3. The number of piperidine rings is 1. The van der Waals surface area contributed by atoms with Crippen LogP contribution in [0.25, 0.3) is 0 Å². The zero-order valence-electron chi connectivity index (χ0n) is 9.77. The van der Waals surface area contributed by atoms with Gasteiger partial charge in [-0.2, -0.15) is 15.0 Å². The molecule has 1 aromatic heterocycles. The highest BCUT2D eigenvalue weighted by atomic mass is 35.5. The quantitative estimate of drug-likeness (QED) is 0.770. The number of carbonyl (C=O) groups is 1. The molecule has 0 amide bonds. The smallest absolute Gasteiger partial charge is 0.308 e. The topological polar surface area (TPSA) is 68.2 Å². The van der Waals surface area contributed by atoms with Gasteiger partial charge in [0.15, 0.2) is 0 Å². The maximum atomic E-state index is 11.4. The Kier molecular flexibility index (Phi) is 4.19. The van der Waals surface area contributed by atoms with Crippen LogP contribution in [0.3, 0.4) is 0 Å². The molecule has 98 valence electrons. The SMILES string of the molecule is COC(=O)C1CCN(c2nc(Cl)nc(Cl)n2)CC1. The molecule has 1 fully saturated rings. The van der Waals surface area contributed by atoms with Crippen molar-refractivity contribution in [1.29, 1.82) is 0 Å². The van der Waals surface area contributed by atoms with Crippen LogP contribution in [-0.4, -0.2) is 41.1 Å². The van der Waals surface area contributed by atoms with Gasteiger partial charge in [0.05, 0.1) is 13.0 Å². The van der Waals surface area contributed by atoms with Crippen molar-refractivity contribution in [3.05, 3.63) is 10.6 Å². The van der Waals surface area contributed by atoms with Gasteiger partial charge in [0, 0.05) is 13.1 Å². The molecule has 0 aromatic carbocycles. The highest BCUT2D eigenvalue weighted by Crippen LogP contribution is 2.22. The third kappa shape index (κ3) is 3.00. The molecule has 8 heteroatoms. The first-order valence-corrected chi connectivity index (χ1v) is 6.25. The molecule has 0 atom stereocenters. The van der Waals surface area contributed by atoms with Gasteiger partial charge in [0.1, 0.15) is 0 Å². The van der Waals surface area contributed by atoms with Crippen LogP contribution in [0.15, 0.2) is 0 Å². The van der Waals surface area contributed by atoms with Crippen LogP contribution in [0.5, 0.6) is 0 Å². The molecule has 2 rings (SSSR count). The van der Waals surface area contributed by atoms with E-state index in [1.807, 2.05) is 4.90 Å². The number of carbonyl (C=O) groups excluding carboxylic acids is 1. The minimum absolute atomic E-state index is 0.0565. The Bertz CT molecular complexity index is 429. The summed E-state index contributed by atoms with van der Waals surface area (Å²) in [5.74, 6) is 0.226. The van der Waals surface area contributed by atoms with Crippen LogP contribution in [-0.2, 0) is 9.53 Å². The minimum atomic E-state index is -0.165. The number of anilines is 1. The summed E-state index contributed by atoms with van der Waals surface area (Å²) in [6.45, 7) is 1.33. The van der Waals surface area contributed by atoms with Crippen molar-refractivity contribution in [3.63, 3.8) is 0 Å². The summed E-state index contributed by atoms with van der Waals surface area (Å²) in [5.41, 5.74) is 0. The van der Waals surface area contributed by atoms with Crippen LogP contribution in [0, 0.1) is 5.92 Å². The van der Waals surface area contributed by atoms with E-state index in [1.165, 1.54) is 7.11 Å². The lowest BCUT2D eigenvalue weighted by Crippen LogP contribution is -2.37. The Morgan fingerprint density at radius 3 is 2.28 bits per heavy atom. The lowest BCUT2D eigenvalue weighted by molar-refractivity contribution is -0.146. The highest BCUT2D eigenvalue weighted by molar-refractivity contribution is 6.31. The molecular weight excluding hydrogens is 279 g/mol. The summed E-state index contributed by atoms with van der Waals surface area (Å²) in [6.07, 6.45) is 1.40. The standard InChI is InChI=1S/C10H12Cl2N4O2/c1-18-7(17)6-2-4-16(5-3-6)10-14-8(11)13-9(12)15-10/h6H,2-5H2,1H3. The molecule has 18 heavy (non-hydrogen) atoms. The van der Waals surface area contributed by atoms with Crippen molar-refractivity contribution in [2.24, 2.45) is 5.92 Å². The number of rotatable bonds is 2. The summed E-state index contributed by atoms with van der Waals surface area (Å²) >= 11 is 11.4. The Morgan fingerprint density at radius 1 is 1.22 bits per heavy atom. The summed E-state index contributed by atoms with van der Waals surface area (Å²) in [5, 5.41) is 0.139. The lowest BCUT2D eigenvalue weighted by atomic mass is 9.97. The maximum absolute atomic E-state index is 11.4. The highest BCUT2D eigenvalue weighted by Gasteiger charge is 2.27. The van der Waals surface area contributed by atoms with Crippen LogP contribution in [0.2, 0.25) is 10.6 Å². The van der Waals surface area contributed by atoms with Crippen molar-refractivity contribution in [1.82, 2.24) is 15.0 Å². The van der Waals surface area contributed by atoms with Gasteiger partial charge in [-0.05, 0) is 36.0 Å². The Morgan fingerprint density at radius 2 is 1.78 bits per heavy atom. The largest absolute Gasteiger partial charge is 0.469 e. The molecule has 6 nitrogen and oxygen atoms in total. The molecule has 2 heterocycles. The van der Waals surface area contributed by atoms with Crippen molar-refractivity contribution >= 4 is 35.1 Å². The van der Waals surface area contributed by atoms with Gasteiger partial charge in [-0.1, -0.05) is 0 Å². The second-order valence-electron chi connectivity index (χ2n) is 3.96. The Labute approximate surface area is 114 Å². The van der Waals surface area contributed by atoms with Crippen LogP contribution in [0.4, 0.5) is 5.95 Å². The third-order valence-electron chi connectivity index (χ3n) is 2.88. The molecule has 0 spiro atoms. The van der Waals surface area contributed by atoms with Gasteiger partial charge in [-0.3, -0.25) is 4.79 Å². The second-order valence-corrected chi connectivity index (χ2v) is 4.63. The normalized spacial score (nSPS) is 16.7. The summed E-state index contributed by atoms with van der Waals surface area (Å²) in [7, 11) is 1.40. The third-order valence-corrected chi connectivity index (χ3v) is 3.22. The summed E-state index contributed by atoms with van der Waals surface area (Å²) in [4.78, 5) is 25.0. The van der Waals surface area contributed by atoms with Crippen LogP contribution >= 0.6 is 23.2 Å². The molecule has 0 saturated carbocycles. The van der Waals surface area contributed by atoms with Gasteiger partial charge in [0.25, 0.3) is 0 Å². The van der Waals surface area contributed by atoms with E-state index in [0.29, 0.717) is 31.9 Å². The monoisotopic (exact) mass is 290 g/mol. The van der Waals surface area contributed by atoms with Gasteiger partial charge >= 0.3 is 5.97 Å². The van der Waals surface area contributed by atoms with E-state index in [0.717, 1.165) is 0 Å². The molecular formula is C10H12Cl2N4O2. The van der Waals surface area contributed by atoms with E-state index < -0.39 is 0 Å². The van der Waals surface area contributed by atoms with Crippen molar-refractivity contribution in [2.45, 2.75) is 12.8 Å². The average Bonchev–Trinajstić information content (AvgIpc) is 2.37. The van der Waals surface area contributed by atoms with Crippen molar-refractivity contribution in [2.75, 3.05) is 25.1 Å². The van der Waals surface area contributed by atoms with Crippen molar-refractivity contribution in [3.8, 4) is 0 Å². The zero-order chi connectivity index (χ0) is 13.1. The van der Waals surface area contributed by atoms with Gasteiger partial charge in [-0.15, -0.1) is 0 Å². The molecule has 0 aliphatic carbocycles. The number of esters is 1. The van der Waals surface area contributed by atoms with E-state index in [1.54, 1.807) is 0 Å². The molecule has 0 N–H and O–H groups in total. The van der Waals surface area contributed by atoms with E-state index in [2.05, 4.69) is 15.0 Å². The van der Waals surface area contributed by atoms with E-state index in [4.69, 9.17) is 27.9 Å². The number of ether oxygens (including phenoxy) is 1. The molecule has 1 aromatic rings. The van der Waals surface area contributed by atoms with E-state index >= 15 is 0 Å². The summed E-state index contributed by atoms with van der Waals surface area (Å²) in [6, 6.07) is 0. The molecule has 0 radical (unpaired) electrons. The van der Waals surface area contributed by atoms with E-state index in [-0.39, 0.29) is 22.5 Å². The molecule has 1 aliphatic heterocycles. The number of hydrogen-bond donors (Lipinski definition) is 0. The predicted molar refractivity (Wildman–Crippen MR) is 66.8 cm³/mol. The molecule has 1 saturated heterocycles. The van der Waals surface area contributed by atoms with Gasteiger partial charge in [-0.25, -0.2) is 0 Å². The molecule has 0 bridgehead atoms. The Hall–Kier alpha value is -1.14. The van der Waals surface area contributed by atoms with Gasteiger partial charge in [0.2, 0.25) is 16.5 Å². The van der Waals surface area contributed by atoms with Gasteiger partial charge < -0.3 is 9.64 Å². The minimum Gasteiger partial charge on any atom is -0.469 e. The fourth-order valence-corrected chi connectivity index (χ4v) is 2.29. The van der Waals surface area contributed by atoms with Crippen LogP contribution in [0.1, 0.15) is 12.8 Å².